The van der Waals surface area contributed by atoms with E-state index in [-0.39, 0.29) is 12.2 Å². The van der Waals surface area contributed by atoms with Crippen LogP contribution >= 0.6 is 7.60 Å². The van der Waals surface area contributed by atoms with Gasteiger partial charge < -0.3 is 9.05 Å². The van der Waals surface area contributed by atoms with Gasteiger partial charge in [0.25, 0.3) is 0 Å². The van der Waals surface area contributed by atoms with E-state index in [0.29, 0.717) is 25.8 Å². The lowest BCUT2D eigenvalue weighted by molar-refractivity contribution is 0.135. The molecule has 10 heteroatoms. The van der Waals surface area contributed by atoms with Gasteiger partial charge in [0.15, 0.2) is 0 Å². The van der Waals surface area contributed by atoms with Crippen LogP contribution in [0.5, 0.6) is 0 Å². The minimum atomic E-state index is -3.54. The second-order valence-electron chi connectivity index (χ2n) is 4.98. The van der Waals surface area contributed by atoms with Crippen molar-refractivity contribution in [1.82, 2.24) is 0 Å². The quantitative estimate of drug-likeness (QED) is 0.171. The Morgan fingerprint density at radius 1 is 1.05 bits per heavy atom. The van der Waals surface area contributed by atoms with Gasteiger partial charge in [0.05, 0.1) is 12.2 Å². The van der Waals surface area contributed by atoms with Crippen LogP contribution in [0, 0.1) is 0 Å². The van der Waals surface area contributed by atoms with E-state index in [1.54, 1.807) is 27.7 Å². The minimum absolute atomic E-state index is 0.311. The van der Waals surface area contributed by atoms with Gasteiger partial charge in [-0.2, -0.15) is 0 Å². The molecule has 0 aromatic heterocycles. The van der Waals surface area contributed by atoms with E-state index in [4.69, 9.17) is 20.1 Å². The van der Waals surface area contributed by atoms with E-state index in [0.717, 1.165) is 0 Å². The third kappa shape index (κ3) is 8.60. The SMILES string of the molecule is CC(C)OP(=O)(OC(C)C)C(CCCCN=[N+]=[N-])N=[N+]=[N-]. The third-order valence-corrected chi connectivity index (χ3v) is 4.82. The summed E-state index contributed by atoms with van der Waals surface area (Å²) < 4.78 is 23.7. The molecule has 0 spiro atoms. The number of hydrogen-bond acceptors (Lipinski definition) is 5. The largest absolute Gasteiger partial charge is 0.340 e. The zero-order chi connectivity index (χ0) is 16.3. The van der Waals surface area contributed by atoms with Gasteiger partial charge in [0.2, 0.25) is 0 Å². The third-order valence-electron chi connectivity index (χ3n) is 2.30. The topological polar surface area (TPSA) is 133 Å². The fourth-order valence-corrected chi connectivity index (χ4v) is 3.82. The van der Waals surface area contributed by atoms with Crippen LogP contribution in [0.25, 0.3) is 20.9 Å². The van der Waals surface area contributed by atoms with Crippen LogP contribution in [-0.4, -0.2) is 24.5 Å². The Morgan fingerprint density at radius 3 is 2.05 bits per heavy atom. The summed E-state index contributed by atoms with van der Waals surface area (Å²) in [6.07, 6.45) is 0.936. The maximum atomic E-state index is 12.9. The van der Waals surface area contributed by atoms with Gasteiger partial charge in [-0.1, -0.05) is 16.6 Å². The summed E-state index contributed by atoms with van der Waals surface area (Å²) in [5, 5.41) is 7.00. The molecule has 0 aromatic rings. The van der Waals surface area contributed by atoms with Gasteiger partial charge in [-0.25, -0.2) is 0 Å². The molecule has 0 heterocycles. The molecule has 9 nitrogen and oxygen atoms in total. The highest BCUT2D eigenvalue weighted by molar-refractivity contribution is 7.54. The van der Waals surface area contributed by atoms with Crippen molar-refractivity contribution in [3.63, 3.8) is 0 Å². The lowest BCUT2D eigenvalue weighted by Crippen LogP contribution is -2.17. The summed E-state index contributed by atoms with van der Waals surface area (Å²) in [6.45, 7) is 7.31. The van der Waals surface area contributed by atoms with Gasteiger partial charge >= 0.3 is 7.60 Å². The highest BCUT2D eigenvalue weighted by atomic mass is 31.2. The van der Waals surface area contributed by atoms with E-state index < -0.39 is 13.4 Å². The number of rotatable bonds is 11. The van der Waals surface area contributed by atoms with Crippen LogP contribution in [-0.2, 0) is 13.6 Å². The molecule has 0 aliphatic heterocycles. The van der Waals surface area contributed by atoms with Gasteiger partial charge in [0, 0.05) is 16.4 Å². The summed E-state index contributed by atoms with van der Waals surface area (Å²) in [4.78, 5) is 5.40. The Balaban J connectivity index is 4.92. The first-order chi connectivity index (χ1) is 9.85. The standard InChI is InChI=1S/C11H23N6O3P/c1-9(2)19-21(18,20-10(3)4)11(15-17-13)7-5-6-8-14-16-12/h9-11H,5-8H2,1-4H3. The van der Waals surface area contributed by atoms with Gasteiger partial charge in [-0.05, 0) is 51.6 Å². The number of azide groups is 2. The van der Waals surface area contributed by atoms with Gasteiger partial charge in [0.1, 0.15) is 5.78 Å². The van der Waals surface area contributed by atoms with E-state index in [2.05, 4.69) is 20.1 Å². The maximum Gasteiger partial charge on any atom is 0.340 e. The number of nitrogens with zero attached hydrogens (tertiary/aromatic N) is 6. The summed E-state index contributed by atoms with van der Waals surface area (Å²) in [5.41, 5.74) is 16.9. The molecule has 1 atom stereocenters. The Hall–Kier alpha value is -1.23. The van der Waals surface area contributed by atoms with Crippen molar-refractivity contribution in [2.24, 2.45) is 10.2 Å². The van der Waals surface area contributed by atoms with Crippen molar-refractivity contribution in [2.75, 3.05) is 6.54 Å². The van der Waals surface area contributed by atoms with E-state index in [1.807, 2.05) is 0 Å². The smallest absolute Gasteiger partial charge is 0.306 e. The molecule has 0 rings (SSSR count). The molecule has 120 valence electrons. The van der Waals surface area contributed by atoms with Crippen LogP contribution in [0.15, 0.2) is 10.2 Å². The van der Waals surface area contributed by atoms with Crippen molar-refractivity contribution >= 4 is 7.60 Å². The van der Waals surface area contributed by atoms with Crippen LogP contribution in [0.1, 0.15) is 47.0 Å². The molecule has 0 bridgehead atoms. The van der Waals surface area contributed by atoms with Crippen molar-refractivity contribution in [3.05, 3.63) is 20.9 Å². The van der Waals surface area contributed by atoms with Crippen LogP contribution in [0.2, 0.25) is 0 Å². The van der Waals surface area contributed by atoms with Crippen LogP contribution in [0.4, 0.5) is 0 Å². The maximum absolute atomic E-state index is 12.9. The Kier molecular flexibility index (Phi) is 9.88. The van der Waals surface area contributed by atoms with Crippen molar-refractivity contribution in [2.45, 2.75) is 64.9 Å². The fraction of sp³-hybridized carbons (Fsp3) is 1.00. The first-order valence-corrected chi connectivity index (χ1v) is 8.48. The molecule has 0 saturated heterocycles. The number of unbranched alkanes of at least 4 members (excludes halogenated alkanes) is 1. The summed E-state index contributed by atoms with van der Waals surface area (Å²) >= 11 is 0. The molecule has 0 radical (unpaired) electrons. The highest BCUT2D eigenvalue weighted by Crippen LogP contribution is 2.57. The fourth-order valence-electron chi connectivity index (χ4n) is 1.65. The summed E-state index contributed by atoms with van der Waals surface area (Å²) in [6, 6.07) is 0. The molecule has 0 amide bonds. The van der Waals surface area contributed by atoms with E-state index >= 15 is 0 Å². The highest BCUT2D eigenvalue weighted by Gasteiger charge is 2.37. The first kappa shape index (κ1) is 19.8. The molecule has 0 aliphatic rings. The summed E-state index contributed by atoms with van der Waals surface area (Å²) in [7, 11) is -3.54. The van der Waals surface area contributed by atoms with Crippen molar-refractivity contribution < 1.29 is 13.6 Å². The average molecular weight is 318 g/mol. The zero-order valence-corrected chi connectivity index (χ0v) is 13.8. The molecule has 0 aliphatic carbocycles. The molecule has 0 N–H and O–H groups in total. The molecule has 0 saturated carbocycles. The molecular weight excluding hydrogens is 295 g/mol. The lowest BCUT2D eigenvalue weighted by Gasteiger charge is -2.27. The van der Waals surface area contributed by atoms with Crippen molar-refractivity contribution in [1.29, 1.82) is 0 Å². The number of hydrogen-bond donors (Lipinski definition) is 0. The molecule has 21 heavy (non-hydrogen) atoms. The monoisotopic (exact) mass is 318 g/mol. The molecular formula is C11H23N6O3P. The Labute approximate surface area is 124 Å². The second kappa shape index (κ2) is 10.5. The normalized spacial score (nSPS) is 12.9. The first-order valence-electron chi connectivity index (χ1n) is 6.87. The molecule has 0 aromatic carbocycles. The van der Waals surface area contributed by atoms with Crippen LogP contribution < -0.4 is 0 Å². The van der Waals surface area contributed by atoms with E-state index in [1.165, 1.54) is 0 Å². The predicted molar refractivity (Wildman–Crippen MR) is 80.8 cm³/mol. The lowest BCUT2D eigenvalue weighted by atomic mass is 10.2. The van der Waals surface area contributed by atoms with Crippen LogP contribution in [0.3, 0.4) is 0 Å². The predicted octanol–water partition coefficient (Wildman–Crippen LogP) is 5.15. The average Bonchev–Trinajstić information content (AvgIpc) is 2.35. The molecule has 0 fully saturated rings. The van der Waals surface area contributed by atoms with E-state index in [9.17, 15) is 4.57 Å². The zero-order valence-electron chi connectivity index (χ0n) is 12.9. The Bertz CT molecular complexity index is 429. The van der Waals surface area contributed by atoms with Gasteiger partial charge in [-0.3, -0.25) is 4.57 Å². The second-order valence-corrected chi connectivity index (χ2v) is 7.08. The molecule has 1 unspecified atom stereocenters. The van der Waals surface area contributed by atoms with Crippen molar-refractivity contribution in [3.8, 4) is 0 Å². The minimum Gasteiger partial charge on any atom is -0.306 e. The summed E-state index contributed by atoms with van der Waals surface area (Å²) in [5.74, 6) is -0.877. The Morgan fingerprint density at radius 2 is 1.62 bits per heavy atom. The van der Waals surface area contributed by atoms with Gasteiger partial charge in [-0.15, -0.1) is 0 Å².